The van der Waals surface area contributed by atoms with Crippen LogP contribution in [0.1, 0.15) is 36.8 Å². The zero-order valence-electron chi connectivity index (χ0n) is 15.4. The lowest BCUT2D eigenvalue weighted by atomic mass is 9.63. The second-order valence-corrected chi connectivity index (χ2v) is 9.33. The van der Waals surface area contributed by atoms with E-state index in [1.807, 2.05) is 0 Å². The zero-order chi connectivity index (χ0) is 19.8. The molecule has 27 heavy (non-hydrogen) atoms. The van der Waals surface area contributed by atoms with Gasteiger partial charge in [0.05, 0.1) is 5.75 Å². The van der Waals surface area contributed by atoms with Crippen LogP contribution in [0.4, 0.5) is 0 Å². The summed E-state index contributed by atoms with van der Waals surface area (Å²) >= 11 is 2.55. The highest BCUT2D eigenvalue weighted by Crippen LogP contribution is 2.46. The molecule has 2 aromatic rings. The molecule has 0 unspecified atom stereocenters. The monoisotopic (exact) mass is 498 g/mol. The van der Waals surface area contributed by atoms with Crippen molar-refractivity contribution in [1.29, 1.82) is 0 Å². The van der Waals surface area contributed by atoms with Gasteiger partial charge in [0.15, 0.2) is 0 Å². The molecule has 0 amide bonds. The summed E-state index contributed by atoms with van der Waals surface area (Å²) in [5.74, 6) is 0.545. The van der Waals surface area contributed by atoms with Crippen molar-refractivity contribution < 1.29 is 13.0 Å². The van der Waals surface area contributed by atoms with Gasteiger partial charge in [-0.25, -0.2) is 0 Å². The second-order valence-electron chi connectivity index (χ2n) is 6.95. The molecule has 0 heterocycles. The van der Waals surface area contributed by atoms with Gasteiger partial charge < -0.3 is 0 Å². The second kappa shape index (κ2) is 10.4. The maximum absolute atomic E-state index is 9.72. The Hall–Kier alpha value is -1.18. The summed E-state index contributed by atoms with van der Waals surface area (Å²) < 4.78 is 28.7. The van der Waals surface area contributed by atoms with E-state index in [4.69, 9.17) is 4.55 Å². The Bertz CT molecular complexity index is 754. The van der Waals surface area contributed by atoms with Crippen molar-refractivity contribution in [2.45, 2.75) is 31.1 Å². The Kier molecular flexibility index (Phi) is 8.51. The Morgan fingerprint density at radius 1 is 1.00 bits per heavy atom. The molecule has 1 aliphatic carbocycles. The van der Waals surface area contributed by atoms with Gasteiger partial charge in [-0.05, 0) is 42.7 Å². The molecule has 1 saturated carbocycles. The van der Waals surface area contributed by atoms with Gasteiger partial charge in [0.2, 0.25) is 0 Å². The van der Waals surface area contributed by atoms with Crippen LogP contribution in [0.15, 0.2) is 73.3 Å². The first-order valence-electron chi connectivity index (χ1n) is 9.14. The van der Waals surface area contributed by atoms with E-state index in [1.54, 1.807) is 0 Å². The third-order valence-corrected chi connectivity index (χ3v) is 7.06. The summed E-state index contributed by atoms with van der Waals surface area (Å²) in [6.07, 6.45) is 6.40. The fraction of sp³-hybridized carbons (Fsp3) is 0.364. The first kappa shape index (κ1) is 22.1. The molecule has 1 N–H and O–H groups in total. The van der Waals surface area contributed by atoms with Crippen molar-refractivity contribution in [2.75, 3.05) is 10.2 Å². The SMILES string of the molecule is C=CCS(=O)(=O)O.ICC1CCC(c2ccccc2)(c2ccccc2)CC1. The molecule has 0 atom stereocenters. The number of rotatable bonds is 5. The van der Waals surface area contributed by atoms with E-state index in [9.17, 15) is 8.42 Å². The van der Waals surface area contributed by atoms with Crippen LogP contribution in [0.25, 0.3) is 0 Å². The van der Waals surface area contributed by atoms with E-state index in [1.165, 1.54) is 41.2 Å². The minimum absolute atomic E-state index is 0.241. The van der Waals surface area contributed by atoms with Crippen LogP contribution in [0.3, 0.4) is 0 Å². The molecule has 0 spiro atoms. The molecule has 0 aliphatic heterocycles. The molecule has 3 nitrogen and oxygen atoms in total. The van der Waals surface area contributed by atoms with Gasteiger partial charge in [-0.2, -0.15) is 8.42 Å². The number of alkyl halides is 1. The number of hydrogen-bond donors (Lipinski definition) is 1. The average molecular weight is 498 g/mol. The minimum Gasteiger partial charge on any atom is -0.285 e. The van der Waals surface area contributed by atoms with Gasteiger partial charge in [0.25, 0.3) is 10.1 Å². The molecule has 5 heteroatoms. The average Bonchev–Trinajstić information content (AvgIpc) is 2.69. The highest BCUT2D eigenvalue weighted by atomic mass is 127. The summed E-state index contributed by atoms with van der Waals surface area (Å²) in [7, 11) is -3.79. The van der Waals surface area contributed by atoms with Gasteiger partial charge in [-0.15, -0.1) is 6.58 Å². The van der Waals surface area contributed by atoms with Crippen molar-refractivity contribution in [3.63, 3.8) is 0 Å². The fourth-order valence-electron chi connectivity index (χ4n) is 3.73. The van der Waals surface area contributed by atoms with Crippen molar-refractivity contribution in [3.05, 3.63) is 84.4 Å². The molecule has 1 aliphatic rings. The van der Waals surface area contributed by atoms with Crippen LogP contribution in [0.5, 0.6) is 0 Å². The Labute approximate surface area is 176 Å². The van der Waals surface area contributed by atoms with Gasteiger partial charge in [-0.1, -0.05) is 89.3 Å². The zero-order valence-corrected chi connectivity index (χ0v) is 18.4. The van der Waals surface area contributed by atoms with E-state index in [2.05, 4.69) is 89.8 Å². The van der Waals surface area contributed by atoms with Crippen LogP contribution in [0.2, 0.25) is 0 Å². The molecule has 0 bridgehead atoms. The molecule has 146 valence electrons. The van der Waals surface area contributed by atoms with Crippen molar-refractivity contribution in [1.82, 2.24) is 0 Å². The van der Waals surface area contributed by atoms with Crippen molar-refractivity contribution in [2.24, 2.45) is 5.92 Å². The first-order valence-corrected chi connectivity index (χ1v) is 12.3. The van der Waals surface area contributed by atoms with Gasteiger partial charge >= 0.3 is 0 Å². The van der Waals surface area contributed by atoms with Gasteiger partial charge in [0, 0.05) is 9.84 Å². The normalized spacial score (nSPS) is 16.8. The third kappa shape index (κ3) is 6.43. The maximum atomic E-state index is 9.72. The molecule has 3 rings (SSSR count). The van der Waals surface area contributed by atoms with Crippen molar-refractivity contribution in [3.8, 4) is 0 Å². The van der Waals surface area contributed by atoms with Crippen LogP contribution in [-0.4, -0.2) is 23.2 Å². The predicted molar refractivity (Wildman–Crippen MR) is 121 cm³/mol. The highest BCUT2D eigenvalue weighted by Gasteiger charge is 2.37. The minimum atomic E-state index is -3.79. The van der Waals surface area contributed by atoms with Crippen LogP contribution >= 0.6 is 22.6 Å². The third-order valence-electron chi connectivity index (χ3n) is 5.16. The lowest BCUT2D eigenvalue weighted by Crippen LogP contribution is -2.33. The van der Waals surface area contributed by atoms with Crippen LogP contribution < -0.4 is 0 Å². The van der Waals surface area contributed by atoms with E-state index in [-0.39, 0.29) is 11.2 Å². The molecule has 0 radical (unpaired) electrons. The van der Waals surface area contributed by atoms with Gasteiger partial charge in [-0.3, -0.25) is 4.55 Å². The van der Waals surface area contributed by atoms with E-state index in [0.29, 0.717) is 0 Å². The molecule has 1 fully saturated rings. The van der Waals surface area contributed by atoms with Gasteiger partial charge in [0.1, 0.15) is 0 Å². The molecular formula is C22H27IO3S. The topological polar surface area (TPSA) is 54.4 Å². The Morgan fingerprint density at radius 3 is 1.74 bits per heavy atom. The largest absolute Gasteiger partial charge is 0.285 e. The van der Waals surface area contributed by atoms with E-state index in [0.717, 1.165) is 12.0 Å². The number of halogens is 1. The van der Waals surface area contributed by atoms with Crippen LogP contribution in [0, 0.1) is 5.92 Å². The number of benzene rings is 2. The lowest BCUT2D eigenvalue weighted by molar-refractivity contribution is 0.286. The molecular weight excluding hydrogens is 471 g/mol. The Morgan fingerprint density at radius 2 is 1.44 bits per heavy atom. The lowest BCUT2D eigenvalue weighted by Gasteiger charge is -2.41. The molecule has 0 aromatic heterocycles. The summed E-state index contributed by atoms with van der Waals surface area (Å²) in [6, 6.07) is 22.3. The quantitative estimate of drug-likeness (QED) is 0.251. The number of hydrogen-bond acceptors (Lipinski definition) is 2. The molecule has 0 saturated heterocycles. The standard InChI is InChI=1S/C19H21I.C3H6O3S/c20-15-16-11-13-19(14-12-16,17-7-3-1-4-8-17)18-9-5-2-6-10-18;1-2-3-7(4,5)6/h1-10,16H,11-15H2;2H,1,3H2,(H,4,5,6). The smallest absolute Gasteiger partial charge is 0.268 e. The summed E-state index contributed by atoms with van der Waals surface area (Å²) in [5, 5.41) is 0. The van der Waals surface area contributed by atoms with E-state index >= 15 is 0 Å². The summed E-state index contributed by atoms with van der Waals surface area (Å²) in [5.41, 5.74) is 3.24. The summed E-state index contributed by atoms with van der Waals surface area (Å²) in [4.78, 5) is 0. The maximum Gasteiger partial charge on any atom is 0.268 e. The Balaban J connectivity index is 0.000000321. The van der Waals surface area contributed by atoms with Crippen LogP contribution in [-0.2, 0) is 15.5 Å². The molecule has 2 aromatic carbocycles. The fourth-order valence-corrected chi connectivity index (χ4v) is 4.91. The van der Waals surface area contributed by atoms with Crippen molar-refractivity contribution >= 4 is 32.7 Å². The predicted octanol–water partition coefficient (Wildman–Crippen LogP) is 5.66. The summed E-state index contributed by atoms with van der Waals surface area (Å²) in [6.45, 7) is 3.11. The van der Waals surface area contributed by atoms with E-state index < -0.39 is 10.1 Å². The highest BCUT2D eigenvalue weighted by molar-refractivity contribution is 14.1. The first-order chi connectivity index (χ1) is 12.9.